The number of hydrogen-bond acceptors (Lipinski definition) is 3. The summed E-state index contributed by atoms with van der Waals surface area (Å²) in [6, 6.07) is 7.44. The van der Waals surface area contributed by atoms with E-state index < -0.39 is 11.6 Å². The van der Waals surface area contributed by atoms with Crippen molar-refractivity contribution in [3.63, 3.8) is 0 Å². The smallest absolute Gasteiger partial charge is 0.231 e. The molecule has 3 nitrogen and oxygen atoms in total. The first kappa shape index (κ1) is 13.7. The number of nitrogens with one attached hydrogen (secondary N) is 1. The van der Waals surface area contributed by atoms with Crippen molar-refractivity contribution in [3.8, 4) is 11.5 Å². The molecular weight excluding hydrogens is 276 g/mol. The molecule has 110 valence electrons. The molecule has 0 radical (unpaired) electrons. The van der Waals surface area contributed by atoms with Crippen molar-refractivity contribution in [2.24, 2.45) is 0 Å². The third-order valence-electron chi connectivity index (χ3n) is 3.50. The summed E-state index contributed by atoms with van der Waals surface area (Å²) in [5, 5.41) is 3.13. The van der Waals surface area contributed by atoms with Crippen molar-refractivity contribution < 1.29 is 18.3 Å². The fourth-order valence-corrected chi connectivity index (χ4v) is 2.31. The number of hydrogen-bond donors (Lipinski definition) is 1. The van der Waals surface area contributed by atoms with Gasteiger partial charge in [0.2, 0.25) is 6.79 Å². The molecule has 2 aromatic rings. The lowest BCUT2D eigenvalue weighted by atomic mass is 10.0. The van der Waals surface area contributed by atoms with Gasteiger partial charge in [0, 0.05) is 17.3 Å². The zero-order valence-corrected chi connectivity index (χ0v) is 11.7. The van der Waals surface area contributed by atoms with Crippen LogP contribution in [0.1, 0.15) is 24.1 Å². The fraction of sp³-hybridized carbons (Fsp3) is 0.250. The minimum absolute atomic E-state index is 0.201. The van der Waals surface area contributed by atoms with Gasteiger partial charge < -0.3 is 14.8 Å². The van der Waals surface area contributed by atoms with Crippen molar-refractivity contribution in [3.05, 3.63) is 53.1 Å². The van der Waals surface area contributed by atoms with Gasteiger partial charge >= 0.3 is 0 Å². The van der Waals surface area contributed by atoms with Gasteiger partial charge in [-0.3, -0.25) is 0 Å². The van der Waals surface area contributed by atoms with Crippen LogP contribution in [-0.2, 0) is 0 Å². The number of benzene rings is 2. The standard InChI is InChI=1S/C16H15F2NO2/c1-9-5-14(18)12(7-13(9)17)10(2)19-11-3-4-15-16(6-11)21-8-20-15/h3-7,10,19H,8H2,1-2H3. The SMILES string of the molecule is Cc1cc(F)c(C(C)Nc2ccc3c(c2)OCO3)cc1F. The lowest BCUT2D eigenvalue weighted by Gasteiger charge is -2.17. The molecule has 1 aliphatic heterocycles. The highest BCUT2D eigenvalue weighted by atomic mass is 19.1. The molecule has 21 heavy (non-hydrogen) atoms. The van der Waals surface area contributed by atoms with E-state index in [2.05, 4.69) is 5.32 Å². The van der Waals surface area contributed by atoms with E-state index in [0.717, 1.165) is 5.69 Å². The highest BCUT2D eigenvalue weighted by Crippen LogP contribution is 2.35. The van der Waals surface area contributed by atoms with E-state index in [1.54, 1.807) is 19.1 Å². The molecule has 1 atom stereocenters. The average Bonchev–Trinajstić information content (AvgIpc) is 2.90. The van der Waals surface area contributed by atoms with Crippen LogP contribution in [0.5, 0.6) is 11.5 Å². The third-order valence-corrected chi connectivity index (χ3v) is 3.50. The van der Waals surface area contributed by atoms with E-state index in [1.165, 1.54) is 19.1 Å². The largest absolute Gasteiger partial charge is 0.454 e. The summed E-state index contributed by atoms with van der Waals surface area (Å²) in [6.07, 6.45) is 0. The van der Waals surface area contributed by atoms with Crippen LogP contribution in [0.25, 0.3) is 0 Å². The van der Waals surface area contributed by atoms with E-state index in [4.69, 9.17) is 9.47 Å². The molecule has 0 saturated carbocycles. The molecule has 2 aromatic carbocycles. The van der Waals surface area contributed by atoms with E-state index in [1.807, 2.05) is 6.07 Å². The number of fused-ring (bicyclic) bond motifs is 1. The maximum atomic E-state index is 14.0. The van der Waals surface area contributed by atoms with Crippen molar-refractivity contribution in [1.29, 1.82) is 0 Å². The maximum absolute atomic E-state index is 14.0. The Morgan fingerprint density at radius 2 is 1.81 bits per heavy atom. The Labute approximate surface area is 121 Å². The first-order valence-electron chi connectivity index (χ1n) is 6.66. The molecule has 0 aromatic heterocycles. The van der Waals surface area contributed by atoms with Crippen LogP contribution in [0.2, 0.25) is 0 Å². The number of aryl methyl sites for hydroxylation is 1. The summed E-state index contributed by atoms with van der Waals surface area (Å²) in [7, 11) is 0. The summed E-state index contributed by atoms with van der Waals surface area (Å²) >= 11 is 0. The predicted molar refractivity (Wildman–Crippen MR) is 75.7 cm³/mol. The molecule has 3 rings (SSSR count). The van der Waals surface area contributed by atoms with Gasteiger partial charge in [0.05, 0.1) is 6.04 Å². The normalized spacial score (nSPS) is 14.1. The molecule has 0 aliphatic carbocycles. The highest BCUT2D eigenvalue weighted by molar-refractivity contribution is 5.56. The average molecular weight is 291 g/mol. The molecule has 0 fully saturated rings. The maximum Gasteiger partial charge on any atom is 0.231 e. The molecule has 1 N–H and O–H groups in total. The van der Waals surface area contributed by atoms with Gasteiger partial charge in [-0.05, 0) is 43.7 Å². The molecule has 0 bridgehead atoms. The topological polar surface area (TPSA) is 30.5 Å². The van der Waals surface area contributed by atoms with Gasteiger partial charge in [0.15, 0.2) is 11.5 Å². The number of halogens is 2. The predicted octanol–water partition coefficient (Wildman–Crippen LogP) is 4.18. The highest BCUT2D eigenvalue weighted by Gasteiger charge is 2.17. The van der Waals surface area contributed by atoms with Gasteiger partial charge in [0.1, 0.15) is 11.6 Å². The summed E-state index contributed by atoms with van der Waals surface area (Å²) in [6.45, 7) is 3.52. The van der Waals surface area contributed by atoms with Gasteiger partial charge in [0.25, 0.3) is 0 Å². The van der Waals surface area contributed by atoms with E-state index in [9.17, 15) is 8.78 Å². The Hall–Kier alpha value is -2.30. The van der Waals surface area contributed by atoms with Crippen LogP contribution >= 0.6 is 0 Å². The van der Waals surface area contributed by atoms with Gasteiger partial charge in [-0.25, -0.2) is 8.78 Å². The molecule has 1 heterocycles. The van der Waals surface area contributed by atoms with Crippen LogP contribution < -0.4 is 14.8 Å². The van der Waals surface area contributed by atoms with Crippen LogP contribution in [0.4, 0.5) is 14.5 Å². The zero-order valence-electron chi connectivity index (χ0n) is 11.7. The molecule has 0 amide bonds. The Bertz CT molecular complexity index is 688. The summed E-state index contributed by atoms with van der Waals surface area (Å²) in [5.74, 6) is 0.490. The monoisotopic (exact) mass is 291 g/mol. The van der Waals surface area contributed by atoms with Crippen molar-refractivity contribution in [1.82, 2.24) is 0 Å². The molecular formula is C16H15F2NO2. The van der Waals surface area contributed by atoms with E-state index >= 15 is 0 Å². The molecule has 5 heteroatoms. The second-order valence-corrected chi connectivity index (χ2v) is 5.06. The third kappa shape index (κ3) is 2.63. The fourth-order valence-electron chi connectivity index (χ4n) is 2.31. The Kier molecular flexibility index (Phi) is 3.41. The van der Waals surface area contributed by atoms with E-state index in [-0.39, 0.29) is 18.4 Å². The number of anilines is 1. The minimum atomic E-state index is -0.422. The van der Waals surface area contributed by atoms with E-state index in [0.29, 0.717) is 17.1 Å². The first-order chi connectivity index (χ1) is 10.0. The van der Waals surface area contributed by atoms with Gasteiger partial charge in [-0.1, -0.05) is 0 Å². The van der Waals surface area contributed by atoms with Crippen LogP contribution in [0, 0.1) is 18.6 Å². The van der Waals surface area contributed by atoms with Crippen molar-refractivity contribution >= 4 is 5.69 Å². The molecule has 1 aliphatic rings. The second-order valence-electron chi connectivity index (χ2n) is 5.06. The minimum Gasteiger partial charge on any atom is -0.454 e. The lowest BCUT2D eigenvalue weighted by molar-refractivity contribution is 0.174. The Morgan fingerprint density at radius 3 is 2.62 bits per heavy atom. The number of ether oxygens (including phenoxy) is 2. The van der Waals surface area contributed by atoms with Crippen LogP contribution in [-0.4, -0.2) is 6.79 Å². The Balaban J connectivity index is 1.83. The van der Waals surface area contributed by atoms with Crippen molar-refractivity contribution in [2.45, 2.75) is 19.9 Å². The number of rotatable bonds is 3. The van der Waals surface area contributed by atoms with Gasteiger partial charge in [-0.15, -0.1) is 0 Å². The van der Waals surface area contributed by atoms with Gasteiger partial charge in [-0.2, -0.15) is 0 Å². The molecule has 1 unspecified atom stereocenters. The first-order valence-corrected chi connectivity index (χ1v) is 6.66. The molecule has 0 spiro atoms. The van der Waals surface area contributed by atoms with Crippen LogP contribution in [0.3, 0.4) is 0 Å². The lowest BCUT2D eigenvalue weighted by Crippen LogP contribution is -2.09. The molecule has 0 saturated heterocycles. The quantitative estimate of drug-likeness (QED) is 0.920. The van der Waals surface area contributed by atoms with Crippen molar-refractivity contribution in [2.75, 3.05) is 12.1 Å². The Morgan fingerprint density at radius 1 is 1.05 bits per heavy atom. The summed E-state index contributed by atoms with van der Waals surface area (Å²) in [4.78, 5) is 0. The summed E-state index contributed by atoms with van der Waals surface area (Å²) < 4.78 is 38.1. The summed E-state index contributed by atoms with van der Waals surface area (Å²) in [5.41, 5.74) is 1.34. The van der Waals surface area contributed by atoms with Crippen LogP contribution in [0.15, 0.2) is 30.3 Å². The second kappa shape index (κ2) is 5.24. The zero-order chi connectivity index (χ0) is 15.0.